The van der Waals surface area contributed by atoms with Gasteiger partial charge in [-0.05, 0) is 12.1 Å². The van der Waals surface area contributed by atoms with Crippen LogP contribution in [0, 0.1) is 5.82 Å². The predicted molar refractivity (Wildman–Crippen MR) is 75.7 cm³/mol. The van der Waals surface area contributed by atoms with E-state index in [2.05, 4.69) is 4.98 Å². The highest BCUT2D eigenvalue weighted by atomic mass is 35.5. The zero-order valence-electron chi connectivity index (χ0n) is 11.2. The molecular weight excluding hydrogens is 342 g/mol. The molecule has 0 aliphatic rings. The van der Waals surface area contributed by atoms with Crippen LogP contribution in [-0.2, 0) is 6.54 Å². The lowest BCUT2D eigenvalue weighted by molar-refractivity contribution is 0.0612. The highest BCUT2D eigenvalue weighted by Crippen LogP contribution is 2.25. The summed E-state index contributed by atoms with van der Waals surface area (Å²) in [6.07, 6.45) is 2.31. The number of benzene rings is 1. The van der Waals surface area contributed by atoms with Gasteiger partial charge in [0.05, 0.1) is 22.2 Å². The number of carbonyl (C=O) groups excluding carboxylic acids is 1. The first kappa shape index (κ1) is 16.6. The number of imidazole rings is 1. The van der Waals surface area contributed by atoms with Gasteiger partial charge in [0.1, 0.15) is 11.6 Å². The molecule has 0 N–H and O–H groups in total. The van der Waals surface area contributed by atoms with Gasteiger partial charge < -0.3 is 4.90 Å². The highest BCUT2D eigenvalue weighted by Gasteiger charge is 2.20. The molecule has 0 atom stereocenters. The zero-order chi connectivity index (χ0) is 16.4. The molecule has 0 saturated heterocycles. The molecule has 0 unspecified atom stereocenters. The Hall–Kier alpha value is -1.73. The van der Waals surface area contributed by atoms with E-state index in [0.29, 0.717) is 4.57 Å². The fourth-order valence-electron chi connectivity index (χ4n) is 1.82. The second-order valence-electron chi connectivity index (χ2n) is 4.44. The van der Waals surface area contributed by atoms with Crippen LogP contribution in [0.5, 0.6) is 0 Å². The Morgan fingerprint density at radius 3 is 2.68 bits per heavy atom. The minimum Gasteiger partial charge on any atom is -0.334 e. The van der Waals surface area contributed by atoms with Crippen LogP contribution in [0.2, 0.25) is 10.0 Å². The van der Waals surface area contributed by atoms with Crippen molar-refractivity contribution in [1.82, 2.24) is 14.5 Å². The number of alkyl halides is 2. The van der Waals surface area contributed by atoms with E-state index in [9.17, 15) is 18.0 Å². The lowest BCUT2D eigenvalue weighted by Gasteiger charge is -2.18. The van der Waals surface area contributed by atoms with Crippen LogP contribution >= 0.6 is 23.2 Å². The third-order valence-electron chi connectivity index (χ3n) is 2.92. The van der Waals surface area contributed by atoms with Crippen molar-refractivity contribution in [2.45, 2.75) is 13.1 Å². The minimum absolute atomic E-state index is 0.00333. The van der Waals surface area contributed by atoms with Gasteiger partial charge in [0.15, 0.2) is 0 Å². The molecule has 0 spiro atoms. The topological polar surface area (TPSA) is 38.1 Å². The molecule has 0 aliphatic carbocycles. The van der Waals surface area contributed by atoms with Crippen LogP contribution in [0.1, 0.15) is 22.7 Å². The molecule has 0 aliphatic heterocycles. The summed E-state index contributed by atoms with van der Waals surface area (Å²) in [4.78, 5) is 17.1. The maximum atomic E-state index is 13.5. The van der Waals surface area contributed by atoms with Crippen molar-refractivity contribution in [1.29, 1.82) is 0 Å². The Kier molecular flexibility index (Phi) is 4.97. The van der Waals surface area contributed by atoms with E-state index in [1.807, 2.05) is 0 Å². The molecule has 0 saturated carbocycles. The number of halogens is 5. The number of hydrogen-bond acceptors (Lipinski definition) is 2. The van der Waals surface area contributed by atoms with E-state index in [0.717, 1.165) is 23.2 Å². The summed E-state index contributed by atoms with van der Waals surface area (Å²) in [5.41, 5.74) is -0.110. The molecule has 22 heavy (non-hydrogen) atoms. The van der Waals surface area contributed by atoms with E-state index in [-0.39, 0.29) is 28.0 Å². The summed E-state index contributed by atoms with van der Waals surface area (Å²) < 4.78 is 39.5. The standard InChI is InChI=1S/C13H10Cl2F3N3O/c1-20(6-11-19-2-3-21(11)13(17)18)12(22)7-4-10(16)9(15)5-8(7)14/h2-5,13H,6H2,1H3. The van der Waals surface area contributed by atoms with Gasteiger partial charge in [-0.2, -0.15) is 8.78 Å². The highest BCUT2D eigenvalue weighted by molar-refractivity contribution is 6.36. The lowest BCUT2D eigenvalue weighted by Crippen LogP contribution is -2.28. The molecule has 0 radical (unpaired) electrons. The molecule has 2 aromatic rings. The number of aromatic nitrogens is 2. The molecule has 0 fully saturated rings. The van der Waals surface area contributed by atoms with Crippen LogP contribution in [-0.4, -0.2) is 27.4 Å². The van der Waals surface area contributed by atoms with Crippen molar-refractivity contribution in [2.24, 2.45) is 0 Å². The quantitative estimate of drug-likeness (QED) is 0.781. The first-order chi connectivity index (χ1) is 10.3. The molecule has 118 valence electrons. The number of rotatable bonds is 4. The molecule has 1 aromatic heterocycles. The van der Waals surface area contributed by atoms with E-state index < -0.39 is 18.3 Å². The Labute approximate surface area is 134 Å². The van der Waals surface area contributed by atoms with Gasteiger partial charge in [0.25, 0.3) is 5.91 Å². The summed E-state index contributed by atoms with van der Waals surface area (Å²) in [7, 11) is 1.37. The molecule has 2 rings (SSSR count). The summed E-state index contributed by atoms with van der Waals surface area (Å²) in [5, 5.41) is -0.238. The van der Waals surface area contributed by atoms with Gasteiger partial charge >= 0.3 is 6.55 Å². The molecular formula is C13H10Cl2F3N3O. The maximum absolute atomic E-state index is 13.5. The van der Waals surface area contributed by atoms with E-state index in [1.165, 1.54) is 13.2 Å². The molecule has 9 heteroatoms. The van der Waals surface area contributed by atoms with E-state index in [1.54, 1.807) is 0 Å². The Balaban J connectivity index is 2.23. The van der Waals surface area contributed by atoms with Gasteiger partial charge in [-0.15, -0.1) is 0 Å². The molecule has 1 aromatic carbocycles. The minimum atomic E-state index is -2.77. The monoisotopic (exact) mass is 351 g/mol. The Morgan fingerprint density at radius 1 is 1.36 bits per heavy atom. The normalized spacial score (nSPS) is 11.0. The smallest absolute Gasteiger partial charge is 0.319 e. The molecule has 1 amide bonds. The first-order valence-corrected chi connectivity index (χ1v) is 6.76. The summed E-state index contributed by atoms with van der Waals surface area (Å²) in [6, 6.07) is 2.02. The number of nitrogens with zero attached hydrogens (tertiary/aromatic N) is 3. The molecule has 4 nitrogen and oxygen atoms in total. The van der Waals surface area contributed by atoms with Crippen molar-refractivity contribution in [2.75, 3.05) is 7.05 Å². The Bertz CT molecular complexity index is 706. The average molecular weight is 352 g/mol. The fraction of sp³-hybridized carbons (Fsp3) is 0.231. The number of amides is 1. The third kappa shape index (κ3) is 3.36. The average Bonchev–Trinajstić information content (AvgIpc) is 2.90. The van der Waals surface area contributed by atoms with E-state index >= 15 is 0 Å². The van der Waals surface area contributed by atoms with Crippen LogP contribution in [0.25, 0.3) is 0 Å². The van der Waals surface area contributed by atoms with Gasteiger partial charge in [-0.1, -0.05) is 23.2 Å². The van der Waals surface area contributed by atoms with Crippen molar-refractivity contribution < 1.29 is 18.0 Å². The number of hydrogen-bond donors (Lipinski definition) is 0. The van der Waals surface area contributed by atoms with Gasteiger partial charge in [0.2, 0.25) is 0 Å². The Morgan fingerprint density at radius 2 is 2.05 bits per heavy atom. The molecule has 1 heterocycles. The van der Waals surface area contributed by atoms with Crippen LogP contribution in [0.4, 0.5) is 13.2 Å². The summed E-state index contributed by atoms with van der Waals surface area (Å²) in [6.45, 7) is -2.95. The SMILES string of the molecule is CN(Cc1nccn1C(F)F)C(=O)c1cc(F)c(Cl)cc1Cl. The largest absolute Gasteiger partial charge is 0.334 e. The van der Waals surface area contributed by atoms with Crippen molar-refractivity contribution in [3.05, 3.63) is 51.8 Å². The second-order valence-corrected chi connectivity index (χ2v) is 5.25. The van der Waals surface area contributed by atoms with Crippen LogP contribution in [0.3, 0.4) is 0 Å². The van der Waals surface area contributed by atoms with E-state index in [4.69, 9.17) is 23.2 Å². The number of carbonyl (C=O) groups is 1. The van der Waals surface area contributed by atoms with Crippen molar-refractivity contribution in [3.63, 3.8) is 0 Å². The van der Waals surface area contributed by atoms with Crippen LogP contribution < -0.4 is 0 Å². The van der Waals surface area contributed by atoms with Gasteiger partial charge in [-0.3, -0.25) is 9.36 Å². The summed E-state index contributed by atoms with van der Waals surface area (Å²) >= 11 is 11.4. The third-order valence-corrected chi connectivity index (χ3v) is 3.53. The lowest BCUT2D eigenvalue weighted by atomic mass is 10.2. The van der Waals surface area contributed by atoms with Crippen LogP contribution in [0.15, 0.2) is 24.5 Å². The second kappa shape index (κ2) is 6.58. The fourth-order valence-corrected chi connectivity index (χ4v) is 2.28. The zero-order valence-corrected chi connectivity index (χ0v) is 12.7. The molecule has 0 bridgehead atoms. The van der Waals surface area contributed by atoms with Crippen molar-refractivity contribution in [3.8, 4) is 0 Å². The van der Waals surface area contributed by atoms with Gasteiger partial charge in [0, 0.05) is 19.4 Å². The van der Waals surface area contributed by atoms with Gasteiger partial charge in [-0.25, -0.2) is 9.37 Å². The first-order valence-electron chi connectivity index (χ1n) is 6.01. The summed E-state index contributed by atoms with van der Waals surface area (Å²) in [5.74, 6) is -1.43. The predicted octanol–water partition coefficient (Wildman–Crippen LogP) is 4.00. The van der Waals surface area contributed by atoms with Crippen molar-refractivity contribution >= 4 is 29.1 Å². The maximum Gasteiger partial charge on any atom is 0.319 e.